The van der Waals surface area contributed by atoms with Crippen LogP contribution in [0.2, 0.25) is 0 Å². The Balaban J connectivity index is 0.000000652. The first-order chi connectivity index (χ1) is 11.3. The van der Waals surface area contributed by atoms with Gasteiger partial charge in [0.25, 0.3) is 0 Å². The van der Waals surface area contributed by atoms with Gasteiger partial charge in [-0.25, -0.2) is 0 Å². The van der Waals surface area contributed by atoms with Crippen molar-refractivity contribution in [3.8, 4) is 5.75 Å². The van der Waals surface area contributed by atoms with Crippen LogP contribution >= 0.6 is 0 Å². The molecule has 0 N–H and O–H groups in total. The molecule has 122 valence electrons. The monoisotopic (exact) mass is 311 g/mol. The summed E-state index contributed by atoms with van der Waals surface area (Å²) in [7, 11) is 4.00. The van der Waals surface area contributed by atoms with Gasteiger partial charge >= 0.3 is 0 Å². The first-order valence-electron chi connectivity index (χ1n) is 8.71. The Morgan fingerprint density at radius 1 is 1.26 bits per heavy atom. The third-order valence-corrected chi connectivity index (χ3v) is 5.85. The number of rotatable bonds is 1. The number of likely N-dealkylation sites (tertiary alicyclic amines) is 1. The molecule has 4 aliphatic rings. The van der Waals surface area contributed by atoms with Crippen LogP contribution in [0, 0.1) is 0 Å². The molecule has 1 spiro atoms. The maximum atomic E-state index is 6.36. The topological polar surface area (TPSA) is 21.7 Å². The lowest BCUT2D eigenvalue weighted by atomic mass is 9.57. The van der Waals surface area contributed by atoms with Gasteiger partial charge in [-0.2, -0.15) is 0 Å². The molecule has 2 aliphatic carbocycles. The highest BCUT2D eigenvalue weighted by Gasteiger charge is 2.61. The minimum absolute atomic E-state index is 0.0153. The summed E-state index contributed by atoms with van der Waals surface area (Å²) in [5.74, 6) is 2.03. The van der Waals surface area contributed by atoms with Crippen LogP contribution in [0.1, 0.15) is 31.4 Å². The average Bonchev–Trinajstić information content (AvgIpc) is 2.94. The van der Waals surface area contributed by atoms with Gasteiger partial charge in [-0.15, -0.1) is 0 Å². The number of nitrogens with zero attached hydrogens (tertiary/aromatic N) is 1. The molecule has 2 heterocycles. The lowest BCUT2D eigenvalue weighted by Gasteiger charge is -2.52. The molecule has 1 aromatic carbocycles. The van der Waals surface area contributed by atoms with Gasteiger partial charge < -0.3 is 9.47 Å². The van der Waals surface area contributed by atoms with Crippen LogP contribution in [-0.4, -0.2) is 37.7 Å². The minimum atomic E-state index is 0.0153. The van der Waals surface area contributed by atoms with E-state index in [0.29, 0.717) is 6.04 Å². The second-order valence-electron chi connectivity index (χ2n) is 6.61. The van der Waals surface area contributed by atoms with E-state index in [2.05, 4.69) is 42.3 Å². The molecule has 5 rings (SSSR count). The van der Waals surface area contributed by atoms with Gasteiger partial charge in [-0.3, -0.25) is 4.90 Å². The Morgan fingerprint density at radius 2 is 2.09 bits per heavy atom. The summed E-state index contributed by atoms with van der Waals surface area (Å²) in [6.07, 6.45) is 6.64. The van der Waals surface area contributed by atoms with E-state index in [1.54, 1.807) is 7.11 Å². The van der Waals surface area contributed by atoms with Crippen LogP contribution in [0.3, 0.4) is 0 Å². The number of benzene rings is 1. The van der Waals surface area contributed by atoms with E-state index in [-0.39, 0.29) is 11.5 Å². The van der Waals surface area contributed by atoms with Crippen LogP contribution in [0.15, 0.2) is 41.7 Å². The maximum absolute atomic E-state index is 6.36. The van der Waals surface area contributed by atoms with Gasteiger partial charge in [0, 0.05) is 11.6 Å². The van der Waals surface area contributed by atoms with Crippen molar-refractivity contribution in [2.45, 2.75) is 44.2 Å². The van der Waals surface area contributed by atoms with E-state index in [1.807, 2.05) is 13.8 Å². The van der Waals surface area contributed by atoms with Crippen molar-refractivity contribution in [2.24, 2.45) is 0 Å². The summed E-state index contributed by atoms with van der Waals surface area (Å²) >= 11 is 0. The Labute approximate surface area is 138 Å². The Kier molecular flexibility index (Phi) is 3.31. The average molecular weight is 311 g/mol. The Bertz CT molecular complexity index is 706. The largest absolute Gasteiger partial charge is 0.497 e. The first-order valence-corrected chi connectivity index (χ1v) is 8.71. The van der Waals surface area contributed by atoms with E-state index in [9.17, 15) is 0 Å². The van der Waals surface area contributed by atoms with Crippen molar-refractivity contribution >= 4 is 0 Å². The highest BCUT2D eigenvalue weighted by atomic mass is 16.5. The molecular weight excluding hydrogens is 286 g/mol. The van der Waals surface area contributed by atoms with Gasteiger partial charge in [-0.1, -0.05) is 32.1 Å². The molecule has 0 amide bonds. The van der Waals surface area contributed by atoms with E-state index in [0.717, 1.165) is 30.9 Å². The van der Waals surface area contributed by atoms with Crippen molar-refractivity contribution < 1.29 is 9.47 Å². The summed E-state index contributed by atoms with van der Waals surface area (Å²) in [5.41, 5.74) is 4.44. The fourth-order valence-corrected chi connectivity index (χ4v) is 4.92. The van der Waals surface area contributed by atoms with Crippen LogP contribution in [0.4, 0.5) is 0 Å². The first kappa shape index (κ1) is 14.8. The number of piperidine rings is 1. The zero-order valence-electron chi connectivity index (χ0n) is 14.4. The van der Waals surface area contributed by atoms with Gasteiger partial charge in [0.05, 0.1) is 12.5 Å². The van der Waals surface area contributed by atoms with Crippen molar-refractivity contribution in [2.75, 3.05) is 20.7 Å². The fraction of sp³-hybridized carbons (Fsp3) is 0.500. The summed E-state index contributed by atoms with van der Waals surface area (Å²) in [5, 5.41) is 0. The molecule has 2 bridgehead atoms. The summed E-state index contributed by atoms with van der Waals surface area (Å²) in [6, 6.07) is 7.03. The van der Waals surface area contributed by atoms with E-state index >= 15 is 0 Å². The number of hydrogen-bond acceptors (Lipinski definition) is 3. The summed E-state index contributed by atoms with van der Waals surface area (Å²) in [4.78, 5) is 2.49. The van der Waals surface area contributed by atoms with E-state index in [4.69, 9.17) is 9.47 Å². The van der Waals surface area contributed by atoms with Crippen molar-refractivity contribution in [3.05, 3.63) is 52.8 Å². The molecule has 1 aromatic rings. The molecule has 1 saturated heterocycles. The van der Waals surface area contributed by atoms with Crippen LogP contribution in [0.25, 0.3) is 0 Å². The highest BCUT2D eigenvalue weighted by molar-refractivity contribution is 5.63. The number of allylic oxidation sites excluding steroid dienone is 2. The number of hydrogen-bond donors (Lipinski definition) is 0. The molecule has 3 heteroatoms. The third-order valence-electron chi connectivity index (χ3n) is 5.85. The van der Waals surface area contributed by atoms with Crippen molar-refractivity contribution in [3.63, 3.8) is 0 Å². The zero-order valence-corrected chi connectivity index (χ0v) is 14.4. The normalized spacial score (nSPS) is 32.7. The Morgan fingerprint density at radius 3 is 2.87 bits per heavy atom. The third kappa shape index (κ3) is 1.69. The molecule has 3 atom stereocenters. The molecule has 0 saturated carbocycles. The SMILES string of the molecule is CC.COC1=CC=C2C3Cc4cccc5c4C2(CCN3C)[C@H]1O5. The molecular formula is C20H25NO2. The molecule has 0 radical (unpaired) electrons. The fourth-order valence-electron chi connectivity index (χ4n) is 4.92. The predicted octanol–water partition coefficient (Wildman–Crippen LogP) is 3.44. The molecule has 1 fully saturated rings. The quantitative estimate of drug-likeness (QED) is 0.793. The second kappa shape index (κ2) is 5.13. The van der Waals surface area contributed by atoms with Gasteiger partial charge in [0.2, 0.25) is 0 Å². The summed E-state index contributed by atoms with van der Waals surface area (Å²) in [6.45, 7) is 5.12. The number of methoxy groups -OCH3 is 1. The number of ether oxygens (including phenoxy) is 2. The van der Waals surface area contributed by atoms with Crippen LogP contribution in [-0.2, 0) is 16.6 Å². The second-order valence-corrected chi connectivity index (χ2v) is 6.61. The zero-order chi connectivity index (χ0) is 16.2. The highest BCUT2D eigenvalue weighted by Crippen LogP contribution is 2.60. The van der Waals surface area contributed by atoms with Crippen LogP contribution in [0.5, 0.6) is 5.75 Å². The van der Waals surface area contributed by atoms with Crippen LogP contribution < -0.4 is 4.74 Å². The smallest absolute Gasteiger partial charge is 0.169 e. The molecule has 23 heavy (non-hydrogen) atoms. The van der Waals surface area contributed by atoms with Gasteiger partial charge in [0.1, 0.15) is 11.5 Å². The Hall–Kier alpha value is -1.74. The number of likely N-dealkylation sites (N-methyl/N-ethyl adjacent to an activating group) is 1. The molecule has 2 unspecified atom stereocenters. The molecule has 2 aliphatic heterocycles. The standard InChI is InChI=1S/C18H19NO2.C2H6/c1-19-9-8-18-12-6-7-15(20-2)17(18)21-14-5-3-4-11(16(14)18)10-13(12)19;1-2/h3-7,13,17H,8-10H2,1-2H3;1-2H3/t13?,17-,18?;/m0./s1. The van der Waals surface area contributed by atoms with Crippen molar-refractivity contribution in [1.29, 1.82) is 0 Å². The minimum Gasteiger partial charge on any atom is -0.497 e. The molecule has 3 nitrogen and oxygen atoms in total. The molecule has 0 aromatic heterocycles. The van der Waals surface area contributed by atoms with E-state index < -0.39 is 0 Å². The van der Waals surface area contributed by atoms with Crippen molar-refractivity contribution in [1.82, 2.24) is 4.90 Å². The summed E-state index contributed by atoms with van der Waals surface area (Å²) < 4.78 is 12.0. The predicted molar refractivity (Wildman–Crippen MR) is 91.8 cm³/mol. The van der Waals surface area contributed by atoms with E-state index in [1.165, 1.54) is 16.7 Å². The lowest BCUT2D eigenvalue weighted by molar-refractivity contribution is 0.0743. The van der Waals surface area contributed by atoms with Gasteiger partial charge in [0.15, 0.2) is 6.10 Å². The maximum Gasteiger partial charge on any atom is 0.169 e. The van der Waals surface area contributed by atoms with Gasteiger partial charge in [-0.05, 0) is 49.7 Å². The lowest BCUT2D eigenvalue weighted by Crippen LogP contribution is -2.58.